The molecular formula is C20H12ClF6N5O3. The maximum Gasteiger partial charge on any atom is 0.459 e. The minimum Gasteiger partial charge on any atom is -0.446 e. The highest BCUT2D eigenvalue weighted by Gasteiger charge is 2.62. The summed E-state index contributed by atoms with van der Waals surface area (Å²) >= 11 is 5.73. The van der Waals surface area contributed by atoms with Gasteiger partial charge in [-0.2, -0.15) is 27.2 Å². The van der Waals surface area contributed by atoms with Crippen LogP contribution in [0.5, 0.6) is 11.5 Å². The molecule has 0 aliphatic carbocycles. The number of nitriles is 1. The Hall–Kier alpha value is -3.86. The first kappa shape index (κ1) is 25.8. The molecule has 0 aliphatic rings. The first-order valence-electron chi connectivity index (χ1n) is 9.35. The van der Waals surface area contributed by atoms with Gasteiger partial charge in [0.15, 0.2) is 17.3 Å². The summed E-state index contributed by atoms with van der Waals surface area (Å²) in [6.07, 6.45) is -5.84. The Balaban J connectivity index is 2.26. The molecule has 0 fully saturated rings. The Morgan fingerprint density at radius 1 is 1.20 bits per heavy atom. The molecule has 3 aromatic rings. The fraction of sp³-hybridized carbons (Fsp3) is 0.250. The van der Waals surface area contributed by atoms with Crippen LogP contribution in [0.1, 0.15) is 28.3 Å². The second kappa shape index (κ2) is 9.06. The lowest BCUT2D eigenvalue weighted by Gasteiger charge is -2.22. The zero-order valence-electron chi connectivity index (χ0n) is 17.6. The van der Waals surface area contributed by atoms with Crippen molar-refractivity contribution < 1.29 is 31.1 Å². The number of hydrogen-bond acceptors (Lipinski definition) is 6. The molecule has 2 aromatic heterocycles. The van der Waals surface area contributed by atoms with Crippen molar-refractivity contribution >= 4 is 11.6 Å². The van der Waals surface area contributed by atoms with Crippen LogP contribution in [0.15, 0.2) is 28.0 Å². The van der Waals surface area contributed by atoms with Gasteiger partial charge in [0.05, 0.1) is 24.0 Å². The molecule has 0 amide bonds. The van der Waals surface area contributed by atoms with E-state index in [0.717, 1.165) is 6.07 Å². The molecule has 3 rings (SSSR count). The topological polar surface area (TPSA) is 114 Å². The molecule has 35 heavy (non-hydrogen) atoms. The van der Waals surface area contributed by atoms with Crippen molar-refractivity contribution in [1.82, 2.24) is 19.5 Å². The summed E-state index contributed by atoms with van der Waals surface area (Å²) in [5, 5.41) is 8.63. The average molecular weight is 520 g/mol. The van der Waals surface area contributed by atoms with E-state index in [1.807, 2.05) is 0 Å². The Labute approximate surface area is 196 Å². The van der Waals surface area contributed by atoms with Crippen molar-refractivity contribution in [1.29, 1.82) is 5.26 Å². The summed E-state index contributed by atoms with van der Waals surface area (Å²) in [6, 6.07) is 2.91. The number of aryl methyl sites for hydroxylation is 2. The zero-order valence-corrected chi connectivity index (χ0v) is 18.4. The second-order valence-electron chi connectivity index (χ2n) is 7.12. The molecule has 15 heteroatoms. The number of alkyl halides is 5. The molecule has 8 nitrogen and oxygen atoms in total. The first-order valence-corrected chi connectivity index (χ1v) is 9.73. The molecular weight excluding hydrogens is 508 g/mol. The van der Waals surface area contributed by atoms with E-state index in [0.29, 0.717) is 17.0 Å². The van der Waals surface area contributed by atoms with Crippen LogP contribution in [-0.2, 0) is 12.5 Å². The number of ether oxygens (including phenoxy) is 1. The summed E-state index contributed by atoms with van der Waals surface area (Å²) < 4.78 is 87.5. The molecule has 0 spiro atoms. The third-order valence-corrected chi connectivity index (χ3v) is 4.87. The van der Waals surface area contributed by atoms with Crippen molar-refractivity contribution in [2.45, 2.75) is 32.5 Å². The summed E-state index contributed by atoms with van der Waals surface area (Å²) in [5.41, 5.74) is -5.17. The van der Waals surface area contributed by atoms with Crippen molar-refractivity contribution in [3.05, 3.63) is 78.3 Å². The van der Waals surface area contributed by atoms with E-state index in [4.69, 9.17) is 21.6 Å². The highest BCUT2D eigenvalue weighted by Crippen LogP contribution is 2.46. The van der Waals surface area contributed by atoms with Crippen LogP contribution in [0.3, 0.4) is 0 Å². The molecule has 0 unspecified atom stereocenters. The number of hydrogen-bond donors (Lipinski definition) is 1. The van der Waals surface area contributed by atoms with Crippen molar-refractivity contribution in [3.8, 4) is 17.6 Å². The van der Waals surface area contributed by atoms with E-state index in [1.165, 1.54) is 19.9 Å². The van der Waals surface area contributed by atoms with E-state index in [2.05, 4.69) is 15.0 Å². The van der Waals surface area contributed by atoms with Gasteiger partial charge in [-0.15, -0.1) is 0 Å². The lowest BCUT2D eigenvalue weighted by molar-refractivity contribution is -0.291. The monoisotopic (exact) mass is 519 g/mol. The molecule has 1 aromatic carbocycles. The minimum atomic E-state index is -6.20. The van der Waals surface area contributed by atoms with Gasteiger partial charge in [-0.25, -0.2) is 14.4 Å². The van der Waals surface area contributed by atoms with Crippen LogP contribution in [0.25, 0.3) is 0 Å². The highest BCUT2D eigenvalue weighted by molar-refractivity contribution is 6.30. The Kier molecular flexibility index (Phi) is 6.67. The number of nitrogens with zero attached hydrogens (tertiary/aromatic N) is 4. The Morgan fingerprint density at radius 2 is 1.86 bits per heavy atom. The van der Waals surface area contributed by atoms with E-state index in [9.17, 15) is 35.9 Å². The smallest absolute Gasteiger partial charge is 0.446 e. The van der Waals surface area contributed by atoms with Crippen LogP contribution in [0, 0.1) is 31.0 Å². The quantitative estimate of drug-likeness (QED) is 0.508. The Bertz CT molecular complexity index is 1480. The lowest BCUT2D eigenvalue weighted by Crippen LogP contribution is -2.38. The molecule has 184 valence electrons. The van der Waals surface area contributed by atoms with Gasteiger partial charge >= 0.3 is 12.1 Å². The number of aromatic amines is 1. The van der Waals surface area contributed by atoms with Gasteiger partial charge in [-0.3, -0.25) is 14.2 Å². The number of benzene rings is 1. The van der Waals surface area contributed by atoms with E-state index < -0.39 is 58.3 Å². The largest absolute Gasteiger partial charge is 0.459 e. The fourth-order valence-electron chi connectivity index (χ4n) is 2.97. The van der Waals surface area contributed by atoms with E-state index in [-0.39, 0.29) is 22.1 Å². The normalized spacial score (nSPS) is 11.9. The van der Waals surface area contributed by atoms with Gasteiger partial charge < -0.3 is 9.72 Å². The number of nitrogens with one attached hydrogen (secondary N) is 1. The average Bonchev–Trinajstić information content (AvgIpc) is 2.74. The van der Waals surface area contributed by atoms with Gasteiger partial charge in [0.1, 0.15) is 11.9 Å². The van der Waals surface area contributed by atoms with Crippen molar-refractivity contribution in [2.75, 3.05) is 0 Å². The van der Waals surface area contributed by atoms with E-state index >= 15 is 0 Å². The highest BCUT2D eigenvalue weighted by atomic mass is 35.5. The first-order chi connectivity index (χ1) is 16.2. The second-order valence-corrected chi connectivity index (χ2v) is 7.56. The van der Waals surface area contributed by atoms with Crippen LogP contribution in [0.4, 0.5) is 26.3 Å². The number of H-pyrrole nitrogens is 1. The molecule has 2 heterocycles. The SMILES string of the molecule is Cc1nc(C)c(Cn2cnc(C(F)(F)C(F)(F)F)c(Oc3cc(Cl)cc(C#N)c3F)c2=O)c(=O)[nH]1. The van der Waals surface area contributed by atoms with Gasteiger partial charge in [-0.05, 0) is 19.9 Å². The molecule has 0 saturated carbocycles. The third-order valence-electron chi connectivity index (χ3n) is 4.66. The van der Waals surface area contributed by atoms with Gasteiger partial charge in [0, 0.05) is 16.8 Å². The third kappa shape index (κ3) is 4.85. The summed E-state index contributed by atoms with van der Waals surface area (Å²) in [7, 11) is 0. The molecule has 0 radical (unpaired) electrons. The van der Waals surface area contributed by atoms with Gasteiger partial charge in [0.25, 0.3) is 11.1 Å². The summed E-state index contributed by atoms with van der Waals surface area (Å²) in [6.45, 7) is 2.24. The maximum atomic E-state index is 14.5. The maximum absolute atomic E-state index is 14.5. The fourth-order valence-corrected chi connectivity index (χ4v) is 3.18. The van der Waals surface area contributed by atoms with Crippen LogP contribution >= 0.6 is 11.6 Å². The summed E-state index contributed by atoms with van der Waals surface area (Å²) in [5.74, 6) is -9.68. The number of halogens is 7. The van der Waals surface area contributed by atoms with Crippen LogP contribution in [-0.4, -0.2) is 25.7 Å². The predicted octanol–water partition coefficient (Wildman–Crippen LogP) is 4.10. The molecule has 1 N–H and O–H groups in total. The molecule has 0 bridgehead atoms. The minimum absolute atomic E-state index is 0.124. The number of aromatic nitrogens is 4. The number of rotatable bonds is 5. The standard InChI is InChI=1S/C20H12ClF6N5O3/c1-8-12(17(33)31-9(2)30-8)6-32-7-29-16(19(23,24)20(25,26)27)15(18(32)34)35-13-4-11(21)3-10(5-28)14(13)22/h3-4,7H,6H2,1-2H3,(H,30,31,33). The van der Waals surface area contributed by atoms with Crippen LogP contribution < -0.4 is 15.9 Å². The van der Waals surface area contributed by atoms with E-state index in [1.54, 1.807) is 0 Å². The van der Waals surface area contributed by atoms with Gasteiger partial charge in [0.2, 0.25) is 5.75 Å². The Morgan fingerprint density at radius 3 is 2.43 bits per heavy atom. The summed E-state index contributed by atoms with van der Waals surface area (Å²) in [4.78, 5) is 34.6. The molecule has 0 saturated heterocycles. The van der Waals surface area contributed by atoms with Crippen molar-refractivity contribution in [2.24, 2.45) is 0 Å². The van der Waals surface area contributed by atoms with Crippen molar-refractivity contribution in [3.63, 3.8) is 0 Å². The zero-order chi connectivity index (χ0) is 26.3. The molecule has 0 atom stereocenters. The van der Waals surface area contributed by atoms with Gasteiger partial charge in [-0.1, -0.05) is 11.6 Å². The van der Waals surface area contributed by atoms with Crippen LogP contribution in [0.2, 0.25) is 5.02 Å². The molecule has 0 aliphatic heterocycles. The predicted molar refractivity (Wildman–Crippen MR) is 108 cm³/mol. The lowest BCUT2D eigenvalue weighted by atomic mass is 10.2.